The lowest BCUT2D eigenvalue weighted by Crippen LogP contribution is -2.14. The summed E-state index contributed by atoms with van der Waals surface area (Å²) in [6.07, 6.45) is 3.33. The Morgan fingerprint density at radius 1 is 1.07 bits per heavy atom. The van der Waals surface area contributed by atoms with Gasteiger partial charge in [-0.25, -0.2) is 0 Å². The molecule has 0 saturated carbocycles. The minimum absolute atomic E-state index is 0.191. The summed E-state index contributed by atoms with van der Waals surface area (Å²) in [4.78, 5) is 0. The van der Waals surface area contributed by atoms with Crippen molar-refractivity contribution in [1.82, 2.24) is 0 Å². The van der Waals surface area contributed by atoms with Gasteiger partial charge in [0.1, 0.15) is 0 Å². The van der Waals surface area contributed by atoms with E-state index in [0.29, 0.717) is 25.7 Å². The lowest BCUT2D eigenvalue weighted by Gasteiger charge is -2.15. The Hall–Kier alpha value is -0.160. The zero-order valence-corrected chi connectivity index (χ0v) is 8.82. The van der Waals surface area contributed by atoms with Crippen LogP contribution < -0.4 is 5.73 Å². The van der Waals surface area contributed by atoms with E-state index in [1.807, 2.05) is 0 Å². The van der Waals surface area contributed by atoms with Gasteiger partial charge in [0.2, 0.25) is 0 Å². The van der Waals surface area contributed by atoms with E-state index in [1.54, 1.807) is 0 Å². The molecule has 0 heterocycles. The van der Waals surface area contributed by atoms with Crippen molar-refractivity contribution in [2.24, 2.45) is 11.7 Å². The number of nitrogens with two attached hydrogens (primary N) is 1. The van der Waals surface area contributed by atoms with Crippen molar-refractivity contribution in [3.05, 3.63) is 0 Å². The maximum Gasteiger partial charge on any atom is 0.0495 e. The van der Waals surface area contributed by atoms with E-state index in [-0.39, 0.29) is 13.2 Å². The van der Waals surface area contributed by atoms with Crippen molar-refractivity contribution in [3.63, 3.8) is 0 Å². The predicted molar refractivity (Wildman–Crippen MR) is 56.0 cm³/mol. The monoisotopic (exact) mass is 205 g/mol. The van der Waals surface area contributed by atoms with Crippen molar-refractivity contribution < 1.29 is 14.9 Å². The van der Waals surface area contributed by atoms with E-state index in [2.05, 4.69) is 0 Å². The van der Waals surface area contributed by atoms with Crippen LogP contribution >= 0.6 is 0 Å². The molecule has 0 aromatic carbocycles. The van der Waals surface area contributed by atoms with Gasteiger partial charge >= 0.3 is 0 Å². The third kappa shape index (κ3) is 8.44. The molecule has 1 atom stereocenters. The highest BCUT2D eigenvalue weighted by Gasteiger charge is 2.07. The number of rotatable bonds is 10. The first-order valence-electron chi connectivity index (χ1n) is 5.34. The molecule has 14 heavy (non-hydrogen) atoms. The molecule has 0 spiro atoms. The predicted octanol–water partition coefficient (Wildman–Crippen LogP) is 0.123. The average Bonchev–Trinajstić information content (AvgIpc) is 2.20. The first-order chi connectivity index (χ1) is 6.85. The van der Waals surface area contributed by atoms with E-state index in [1.165, 1.54) is 0 Å². The van der Waals surface area contributed by atoms with E-state index >= 15 is 0 Å². The minimum Gasteiger partial charge on any atom is -0.396 e. The number of aliphatic hydroxyl groups is 2. The summed E-state index contributed by atoms with van der Waals surface area (Å²) in [6, 6.07) is 0. The summed E-state index contributed by atoms with van der Waals surface area (Å²) in [6.45, 7) is 2.42. The molecule has 0 rings (SSSR count). The molecule has 4 N–H and O–H groups in total. The second-order valence-corrected chi connectivity index (χ2v) is 3.46. The molecule has 0 aliphatic heterocycles. The summed E-state index contributed by atoms with van der Waals surface area (Å²) in [5.74, 6) is 0.366. The summed E-state index contributed by atoms with van der Waals surface area (Å²) < 4.78 is 5.41. The summed E-state index contributed by atoms with van der Waals surface area (Å²) in [5, 5.41) is 17.5. The van der Waals surface area contributed by atoms with Crippen molar-refractivity contribution in [1.29, 1.82) is 0 Å². The van der Waals surface area contributed by atoms with Gasteiger partial charge in [0, 0.05) is 26.4 Å². The zero-order valence-electron chi connectivity index (χ0n) is 8.82. The Labute approximate surface area is 86.1 Å². The van der Waals surface area contributed by atoms with Gasteiger partial charge < -0.3 is 20.7 Å². The van der Waals surface area contributed by atoms with Gasteiger partial charge in [-0.05, 0) is 38.1 Å². The Kier molecular flexibility index (Phi) is 10.8. The highest BCUT2D eigenvalue weighted by atomic mass is 16.5. The number of hydrogen-bond acceptors (Lipinski definition) is 4. The van der Waals surface area contributed by atoms with Crippen LogP contribution in [0.25, 0.3) is 0 Å². The average molecular weight is 205 g/mol. The normalized spacial score (nSPS) is 13.1. The maximum absolute atomic E-state index is 8.80. The first-order valence-corrected chi connectivity index (χ1v) is 5.34. The van der Waals surface area contributed by atoms with Crippen molar-refractivity contribution in [3.8, 4) is 0 Å². The van der Waals surface area contributed by atoms with Crippen LogP contribution in [0.1, 0.15) is 25.7 Å². The van der Waals surface area contributed by atoms with E-state index < -0.39 is 0 Å². The van der Waals surface area contributed by atoms with Crippen LogP contribution in [0.4, 0.5) is 0 Å². The number of ether oxygens (including phenoxy) is 1. The smallest absolute Gasteiger partial charge is 0.0495 e. The van der Waals surface area contributed by atoms with E-state index in [4.69, 9.17) is 20.7 Å². The molecule has 0 radical (unpaired) electrons. The molecule has 0 aliphatic carbocycles. The molecule has 0 saturated heterocycles. The van der Waals surface area contributed by atoms with Crippen LogP contribution in [0.2, 0.25) is 0 Å². The molecular formula is C10H23NO3. The van der Waals surface area contributed by atoms with Gasteiger partial charge in [0.05, 0.1) is 0 Å². The standard InChI is InChI=1S/C10H23NO3/c11-5-2-8-14-9-10(4-7-13)3-1-6-12/h10,12-13H,1-9,11H2. The fourth-order valence-corrected chi connectivity index (χ4v) is 1.31. The van der Waals surface area contributed by atoms with E-state index in [0.717, 1.165) is 25.7 Å². The van der Waals surface area contributed by atoms with Crippen LogP contribution in [0, 0.1) is 5.92 Å². The molecule has 4 heteroatoms. The highest BCUT2D eigenvalue weighted by molar-refractivity contribution is 4.58. The Bertz CT molecular complexity index is 112. The highest BCUT2D eigenvalue weighted by Crippen LogP contribution is 2.11. The molecule has 4 nitrogen and oxygen atoms in total. The van der Waals surface area contributed by atoms with Crippen LogP contribution in [0.15, 0.2) is 0 Å². The van der Waals surface area contributed by atoms with Crippen LogP contribution in [-0.2, 0) is 4.74 Å². The Morgan fingerprint density at radius 3 is 2.43 bits per heavy atom. The van der Waals surface area contributed by atoms with Gasteiger partial charge in [0.25, 0.3) is 0 Å². The number of aliphatic hydroxyl groups excluding tert-OH is 2. The molecule has 0 amide bonds. The van der Waals surface area contributed by atoms with Gasteiger partial charge in [0.15, 0.2) is 0 Å². The molecule has 0 aliphatic rings. The van der Waals surface area contributed by atoms with Crippen molar-refractivity contribution in [2.75, 3.05) is 33.0 Å². The lowest BCUT2D eigenvalue weighted by molar-refractivity contribution is 0.0812. The summed E-state index contributed by atoms with van der Waals surface area (Å²) >= 11 is 0. The first kappa shape index (κ1) is 13.8. The SMILES string of the molecule is NCCCOCC(CCO)CCCO. The Morgan fingerprint density at radius 2 is 1.86 bits per heavy atom. The largest absolute Gasteiger partial charge is 0.396 e. The molecule has 0 aromatic heterocycles. The molecule has 0 bridgehead atoms. The Balaban J connectivity index is 3.40. The molecule has 86 valence electrons. The molecule has 0 fully saturated rings. The van der Waals surface area contributed by atoms with Crippen molar-refractivity contribution in [2.45, 2.75) is 25.7 Å². The topological polar surface area (TPSA) is 75.7 Å². The van der Waals surface area contributed by atoms with Crippen LogP contribution in [0.5, 0.6) is 0 Å². The third-order valence-corrected chi connectivity index (χ3v) is 2.15. The summed E-state index contributed by atoms with van der Waals surface area (Å²) in [7, 11) is 0. The van der Waals surface area contributed by atoms with Crippen molar-refractivity contribution >= 4 is 0 Å². The van der Waals surface area contributed by atoms with Gasteiger partial charge in [-0.15, -0.1) is 0 Å². The fraction of sp³-hybridized carbons (Fsp3) is 1.00. The second kappa shape index (κ2) is 10.9. The van der Waals surface area contributed by atoms with Gasteiger partial charge in [-0.1, -0.05) is 0 Å². The summed E-state index contributed by atoms with van der Waals surface area (Å²) in [5.41, 5.74) is 5.33. The van der Waals surface area contributed by atoms with Gasteiger partial charge in [-0.3, -0.25) is 0 Å². The minimum atomic E-state index is 0.191. The van der Waals surface area contributed by atoms with Crippen LogP contribution in [0.3, 0.4) is 0 Å². The lowest BCUT2D eigenvalue weighted by atomic mass is 10.0. The number of hydrogen-bond donors (Lipinski definition) is 3. The molecule has 0 aromatic rings. The van der Waals surface area contributed by atoms with Crippen LogP contribution in [-0.4, -0.2) is 43.2 Å². The quantitative estimate of drug-likeness (QED) is 0.443. The molecule has 1 unspecified atom stereocenters. The third-order valence-electron chi connectivity index (χ3n) is 2.15. The maximum atomic E-state index is 8.80. The molecular weight excluding hydrogens is 182 g/mol. The second-order valence-electron chi connectivity index (χ2n) is 3.46. The van der Waals surface area contributed by atoms with E-state index in [9.17, 15) is 0 Å². The fourth-order valence-electron chi connectivity index (χ4n) is 1.31. The van der Waals surface area contributed by atoms with Gasteiger partial charge in [-0.2, -0.15) is 0 Å². The zero-order chi connectivity index (χ0) is 10.6.